The van der Waals surface area contributed by atoms with Crippen LogP contribution in [0.2, 0.25) is 0 Å². The predicted molar refractivity (Wildman–Crippen MR) is 54.5 cm³/mol. The van der Waals surface area contributed by atoms with Crippen molar-refractivity contribution in [1.29, 1.82) is 0 Å². The van der Waals surface area contributed by atoms with Gasteiger partial charge in [0.2, 0.25) is 0 Å². The molecule has 2 amide bonds. The molecule has 1 aromatic carbocycles. The third-order valence-corrected chi connectivity index (χ3v) is 2.07. The molecule has 0 saturated heterocycles. The predicted octanol–water partition coefficient (Wildman–Crippen LogP) is -0.182. The monoisotopic (exact) mass is 219 g/mol. The van der Waals surface area contributed by atoms with Crippen LogP contribution in [0.1, 0.15) is 17.3 Å². The summed E-state index contributed by atoms with van der Waals surface area (Å²) in [7, 11) is 0. The Morgan fingerprint density at radius 3 is 2.62 bits per heavy atom. The van der Waals surface area contributed by atoms with E-state index in [4.69, 9.17) is 10.5 Å². The molecule has 1 aliphatic rings. The molecule has 0 aliphatic carbocycles. The van der Waals surface area contributed by atoms with Gasteiger partial charge < -0.3 is 10.5 Å². The summed E-state index contributed by atoms with van der Waals surface area (Å²) < 4.78 is 4.82. The van der Waals surface area contributed by atoms with Gasteiger partial charge in [0, 0.05) is 5.69 Å². The lowest BCUT2D eigenvalue weighted by Crippen LogP contribution is -2.25. The van der Waals surface area contributed by atoms with Gasteiger partial charge >= 0.3 is 12.0 Å². The average molecular weight is 219 g/mol. The molecule has 1 aromatic rings. The summed E-state index contributed by atoms with van der Waals surface area (Å²) in [5.41, 5.74) is 6.09. The lowest BCUT2D eigenvalue weighted by atomic mass is 10.1. The molecular weight excluding hydrogens is 210 g/mol. The smallest absolute Gasteiger partial charge is 0.368 e. The largest absolute Gasteiger partial charge is 0.462 e. The van der Waals surface area contributed by atoms with Gasteiger partial charge in [0.25, 0.3) is 0 Å². The van der Waals surface area contributed by atoms with E-state index in [1.807, 2.05) is 0 Å². The number of carbonyl (C=O) groups is 2. The Kier molecular flexibility index (Phi) is 2.40. The van der Waals surface area contributed by atoms with E-state index in [1.54, 1.807) is 6.92 Å². The quantitative estimate of drug-likeness (QED) is 0.551. The van der Waals surface area contributed by atoms with Crippen molar-refractivity contribution in [3.8, 4) is 0 Å². The molecule has 2 N–H and O–H groups in total. The minimum Gasteiger partial charge on any atom is -0.462 e. The summed E-state index contributed by atoms with van der Waals surface area (Å²) in [6, 6.07) is 2.27. The first-order chi connectivity index (χ1) is 7.61. The summed E-state index contributed by atoms with van der Waals surface area (Å²) in [6.45, 7) is 1.96. The van der Waals surface area contributed by atoms with E-state index in [2.05, 4.69) is 9.98 Å². The molecule has 82 valence electrons. The maximum absolute atomic E-state index is 11.5. The molecule has 0 atom stereocenters. The van der Waals surface area contributed by atoms with E-state index in [0.717, 1.165) is 0 Å². The molecule has 0 radical (unpaired) electrons. The number of hydrogen-bond acceptors (Lipinski definition) is 4. The number of anilines is 1. The van der Waals surface area contributed by atoms with Gasteiger partial charge in [-0.2, -0.15) is 9.98 Å². The van der Waals surface area contributed by atoms with Crippen LogP contribution in [0.25, 0.3) is 0 Å². The molecule has 1 aliphatic heterocycles. The second-order valence-corrected chi connectivity index (χ2v) is 3.15. The Bertz CT molecular complexity index is 592. The summed E-state index contributed by atoms with van der Waals surface area (Å²) >= 11 is 0. The number of hydrogen-bond donors (Lipinski definition) is 1. The summed E-state index contributed by atoms with van der Waals surface area (Å²) in [4.78, 5) is 29.7. The molecule has 1 heterocycles. The number of nitrogen functional groups attached to an aromatic ring is 1. The minimum atomic E-state index is -0.588. The van der Waals surface area contributed by atoms with E-state index in [0.29, 0.717) is 10.7 Å². The van der Waals surface area contributed by atoms with Crippen molar-refractivity contribution in [2.24, 2.45) is 9.98 Å². The van der Waals surface area contributed by atoms with E-state index < -0.39 is 12.0 Å². The zero-order chi connectivity index (χ0) is 11.7. The van der Waals surface area contributed by atoms with Crippen LogP contribution in [0.15, 0.2) is 22.1 Å². The summed E-state index contributed by atoms with van der Waals surface area (Å²) in [5.74, 6) is -0.530. The molecule has 0 fully saturated rings. The standard InChI is InChI=1S/C10H9N3O3/c1-2-16-9(14)5-3-7-8(4-6(5)11)13-10(15)12-7/h3-4H,2,11H2,1H3. The van der Waals surface area contributed by atoms with Gasteiger partial charge in [-0.15, -0.1) is 0 Å². The van der Waals surface area contributed by atoms with Crippen LogP contribution in [0.5, 0.6) is 0 Å². The van der Waals surface area contributed by atoms with E-state index >= 15 is 0 Å². The summed E-state index contributed by atoms with van der Waals surface area (Å²) in [5, 5.41) is 0.734. The van der Waals surface area contributed by atoms with Crippen LogP contribution in [0, 0.1) is 0 Å². The molecule has 0 unspecified atom stereocenters. The maximum Gasteiger partial charge on any atom is 0.368 e. The van der Waals surface area contributed by atoms with Crippen LogP contribution >= 0.6 is 0 Å². The molecular formula is C10H9N3O3. The topological polar surface area (TPSA) is 94.1 Å². The van der Waals surface area contributed by atoms with Crippen molar-refractivity contribution in [2.75, 3.05) is 12.3 Å². The van der Waals surface area contributed by atoms with Gasteiger partial charge in [0.1, 0.15) is 0 Å². The lowest BCUT2D eigenvalue weighted by molar-refractivity contribution is 0.0527. The highest BCUT2D eigenvalue weighted by Crippen LogP contribution is 2.08. The maximum atomic E-state index is 11.5. The van der Waals surface area contributed by atoms with E-state index in [-0.39, 0.29) is 17.9 Å². The van der Waals surface area contributed by atoms with Gasteiger partial charge in [0.15, 0.2) is 0 Å². The number of ether oxygens (including phenoxy) is 1. The molecule has 6 nitrogen and oxygen atoms in total. The Morgan fingerprint density at radius 2 is 2.00 bits per heavy atom. The van der Waals surface area contributed by atoms with Crippen LogP contribution in [0.4, 0.5) is 10.5 Å². The Balaban J connectivity index is 2.56. The van der Waals surface area contributed by atoms with Crippen LogP contribution in [0.3, 0.4) is 0 Å². The van der Waals surface area contributed by atoms with Crippen molar-refractivity contribution < 1.29 is 14.3 Å². The normalized spacial score (nSPS) is 12.7. The molecule has 0 bridgehead atoms. The number of esters is 1. The van der Waals surface area contributed by atoms with Gasteiger partial charge in [-0.25, -0.2) is 9.59 Å². The first-order valence-electron chi connectivity index (χ1n) is 4.70. The summed E-state index contributed by atoms with van der Waals surface area (Å²) in [6.07, 6.45) is 0. The lowest BCUT2D eigenvalue weighted by Gasteiger charge is -2.03. The number of carbonyl (C=O) groups excluding carboxylic acids is 2. The van der Waals surface area contributed by atoms with Crippen LogP contribution < -0.4 is 16.4 Å². The van der Waals surface area contributed by atoms with E-state index in [9.17, 15) is 9.59 Å². The zero-order valence-electron chi connectivity index (χ0n) is 8.56. The minimum absolute atomic E-state index is 0.203. The van der Waals surface area contributed by atoms with Crippen molar-refractivity contribution in [1.82, 2.24) is 0 Å². The number of amides is 2. The highest BCUT2D eigenvalue weighted by Gasteiger charge is 2.14. The molecule has 6 heteroatoms. The fourth-order valence-corrected chi connectivity index (χ4v) is 1.39. The van der Waals surface area contributed by atoms with Crippen LogP contribution in [-0.2, 0) is 4.74 Å². The average Bonchev–Trinajstić information content (AvgIpc) is 2.56. The number of fused-ring (bicyclic) bond motifs is 1. The number of benzene rings is 1. The number of rotatable bonds is 2. The second-order valence-electron chi connectivity index (χ2n) is 3.15. The zero-order valence-corrected chi connectivity index (χ0v) is 8.56. The SMILES string of the molecule is CCOC(=O)c1cc2c(cc1N)=NC(=O)N=2. The van der Waals surface area contributed by atoms with Crippen LogP contribution in [-0.4, -0.2) is 18.6 Å². The first-order valence-corrected chi connectivity index (χ1v) is 4.70. The Hall–Kier alpha value is -2.24. The molecule has 2 rings (SSSR count). The van der Waals surface area contributed by atoms with Gasteiger partial charge in [-0.05, 0) is 19.1 Å². The van der Waals surface area contributed by atoms with Crippen molar-refractivity contribution in [3.05, 3.63) is 28.4 Å². The van der Waals surface area contributed by atoms with E-state index in [1.165, 1.54) is 12.1 Å². The number of urea groups is 1. The third kappa shape index (κ3) is 1.65. The molecule has 0 aromatic heterocycles. The number of nitrogens with two attached hydrogens (primary N) is 1. The third-order valence-electron chi connectivity index (χ3n) is 2.07. The van der Waals surface area contributed by atoms with Crippen molar-refractivity contribution >= 4 is 17.7 Å². The highest BCUT2D eigenvalue weighted by molar-refractivity contribution is 5.95. The Labute approximate surface area is 90.5 Å². The molecule has 0 saturated carbocycles. The first kappa shape index (κ1) is 10.3. The van der Waals surface area contributed by atoms with Gasteiger partial charge in [-0.1, -0.05) is 0 Å². The fraction of sp³-hybridized carbons (Fsp3) is 0.200. The molecule has 16 heavy (non-hydrogen) atoms. The van der Waals surface area contributed by atoms with Crippen molar-refractivity contribution in [3.63, 3.8) is 0 Å². The number of nitrogens with zero attached hydrogens (tertiary/aromatic N) is 2. The fourth-order valence-electron chi connectivity index (χ4n) is 1.39. The Morgan fingerprint density at radius 1 is 1.38 bits per heavy atom. The molecule has 0 spiro atoms. The second kappa shape index (κ2) is 3.73. The van der Waals surface area contributed by atoms with Gasteiger partial charge in [-0.3, -0.25) is 0 Å². The van der Waals surface area contributed by atoms with Crippen molar-refractivity contribution in [2.45, 2.75) is 6.92 Å². The highest BCUT2D eigenvalue weighted by atomic mass is 16.5. The van der Waals surface area contributed by atoms with Gasteiger partial charge in [0.05, 0.1) is 22.9 Å².